The van der Waals surface area contributed by atoms with Gasteiger partial charge in [0.15, 0.2) is 0 Å². The maximum absolute atomic E-state index is 12.0. The molecule has 0 saturated carbocycles. The zero-order valence-corrected chi connectivity index (χ0v) is 10.8. The van der Waals surface area contributed by atoms with E-state index in [1.807, 2.05) is 19.1 Å². The Morgan fingerprint density at radius 1 is 1.53 bits per heavy atom. The van der Waals surface area contributed by atoms with E-state index in [-0.39, 0.29) is 11.8 Å². The topological polar surface area (TPSA) is 55.1 Å². The van der Waals surface area contributed by atoms with Gasteiger partial charge >= 0.3 is 0 Å². The fourth-order valence-electron chi connectivity index (χ4n) is 1.70. The summed E-state index contributed by atoms with van der Waals surface area (Å²) in [4.78, 5) is 12.0. The summed E-state index contributed by atoms with van der Waals surface area (Å²) in [6, 6.07) is 7.18. The molecule has 0 aromatic heterocycles. The van der Waals surface area contributed by atoms with Crippen LogP contribution in [0.25, 0.3) is 0 Å². The summed E-state index contributed by atoms with van der Waals surface area (Å²) < 4.78 is 0. The van der Waals surface area contributed by atoms with Crippen LogP contribution in [-0.2, 0) is 4.79 Å². The molecule has 17 heavy (non-hydrogen) atoms. The summed E-state index contributed by atoms with van der Waals surface area (Å²) in [7, 11) is 0. The number of nitrogens with one attached hydrogen (secondary N) is 1. The first-order valence-electron chi connectivity index (χ1n) is 5.94. The Kier molecular flexibility index (Phi) is 6.01. The summed E-state index contributed by atoms with van der Waals surface area (Å²) in [6.45, 7) is 2.64. The van der Waals surface area contributed by atoms with E-state index in [1.165, 1.54) is 0 Å². The number of carbonyl (C=O) groups is 1. The maximum Gasteiger partial charge on any atom is 0.227 e. The molecule has 1 rings (SSSR count). The van der Waals surface area contributed by atoms with Crippen LogP contribution in [0.1, 0.15) is 26.2 Å². The highest BCUT2D eigenvalue weighted by Gasteiger charge is 2.15. The second-order valence-corrected chi connectivity index (χ2v) is 4.47. The van der Waals surface area contributed by atoms with E-state index in [0.29, 0.717) is 11.6 Å². The first-order chi connectivity index (χ1) is 8.17. The zero-order valence-electron chi connectivity index (χ0n) is 10.1. The maximum atomic E-state index is 12.0. The molecule has 1 atom stereocenters. The number of benzene rings is 1. The molecular formula is C13H19ClN2O. The van der Waals surface area contributed by atoms with Crippen LogP contribution in [0.2, 0.25) is 5.02 Å². The third-order valence-electron chi connectivity index (χ3n) is 2.71. The molecule has 1 unspecified atom stereocenters. The number of halogens is 1. The standard InChI is InChI=1S/C13H19ClN2O/c1-2-10(5-4-8-15)13(17)16-12-7-3-6-11(14)9-12/h3,6-7,9-10H,2,4-5,8,15H2,1H3,(H,16,17). The highest BCUT2D eigenvalue weighted by molar-refractivity contribution is 6.30. The van der Waals surface area contributed by atoms with Crippen LogP contribution in [0, 0.1) is 5.92 Å². The van der Waals surface area contributed by atoms with E-state index in [1.54, 1.807) is 12.1 Å². The third kappa shape index (κ3) is 4.75. The van der Waals surface area contributed by atoms with Gasteiger partial charge in [0.1, 0.15) is 0 Å². The number of hydrogen-bond donors (Lipinski definition) is 2. The summed E-state index contributed by atoms with van der Waals surface area (Å²) in [5.41, 5.74) is 6.20. The van der Waals surface area contributed by atoms with Gasteiger partial charge in [0.25, 0.3) is 0 Å². The average Bonchev–Trinajstić information content (AvgIpc) is 2.30. The Hall–Kier alpha value is -1.06. The van der Waals surface area contributed by atoms with Gasteiger partial charge in [0.2, 0.25) is 5.91 Å². The molecule has 1 amide bonds. The molecule has 0 heterocycles. The number of anilines is 1. The molecule has 0 radical (unpaired) electrons. The molecule has 0 bridgehead atoms. The molecular weight excluding hydrogens is 236 g/mol. The Bertz CT molecular complexity index is 368. The van der Waals surface area contributed by atoms with Gasteiger partial charge in [0.05, 0.1) is 0 Å². The van der Waals surface area contributed by atoms with Crippen molar-refractivity contribution < 1.29 is 4.79 Å². The van der Waals surface area contributed by atoms with Crippen molar-refractivity contribution >= 4 is 23.2 Å². The van der Waals surface area contributed by atoms with Gasteiger partial charge in [-0.05, 0) is 44.0 Å². The van der Waals surface area contributed by atoms with Crippen LogP contribution in [0.4, 0.5) is 5.69 Å². The van der Waals surface area contributed by atoms with Crippen molar-refractivity contribution in [3.63, 3.8) is 0 Å². The highest BCUT2D eigenvalue weighted by Crippen LogP contribution is 2.18. The Morgan fingerprint density at radius 3 is 2.88 bits per heavy atom. The van der Waals surface area contributed by atoms with Crippen LogP contribution in [0.3, 0.4) is 0 Å². The number of amides is 1. The lowest BCUT2D eigenvalue weighted by atomic mass is 9.99. The predicted octanol–water partition coefficient (Wildman–Crippen LogP) is 3.04. The molecule has 1 aromatic carbocycles. The van der Waals surface area contributed by atoms with Crippen molar-refractivity contribution in [1.29, 1.82) is 0 Å². The molecule has 94 valence electrons. The normalized spacial score (nSPS) is 12.2. The summed E-state index contributed by atoms with van der Waals surface area (Å²) in [5, 5.41) is 3.50. The second kappa shape index (κ2) is 7.30. The lowest BCUT2D eigenvalue weighted by Crippen LogP contribution is -2.23. The lowest BCUT2D eigenvalue weighted by Gasteiger charge is -2.14. The molecule has 3 N–H and O–H groups in total. The van der Waals surface area contributed by atoms with Crippen LogP contribution in [0.5, 0.6) is 0 Å². The van der Waals surface area contributed by atoms with Crippen molar-refractivity contribution in [2.24, 2.45) is 11.7 Å². The fraction of sp³-hybridized carbons (Fsp3) is 0.462. The second-order valence-electron chi connectivity index (χ2n) is 4.04. The monoisotopic (exact) mass is 254 g/mol. The van der Waals surface area contributed by atoms with Gasteiger partial charge in [-0.1, -0.05) is 24.6 Å². The average molecular weight is 255 g/mol. The SMILES string of the molecule is CCC(CCCN)C(=O)Nc1cccc(Cl)c1. The van der Waals surface area contributed by atoms with E-state index in [4.69, 9.17) is 17.3 Å². The van der Waals surface area contributed by atoms with Crippen molar-refractivity contribution in [3.05, 3.63) is 29.3 Å². The molecule has 0 spiro atoms. The molecule has 4 heteroatoms. The third-order valence-corrected chi connectivity index (χ3v) is 2.95. The largest absolute Gasteiger partial charge is 0.330 e. The minimum absolute atomic E-state index is 0.0255. The molecule has 1 aromatic rings. The summed E-state index contributed by atoms with van der Waals surface area (Å²) >= 11 is 5.86. The van der Waals surface area contributed by atoms with Crippen LogP contribution >= 0.6 is 11.6 Å². The van der Waals surface area contributed by atoms with E-state index < -0.39 is 0 Å². The van der Waals surface area contributed by atoms with Gasteiger partial charge in [-0.25, -0.2) is 0 Å². The molecule has 3 nitrogen and oxygen atoms in total. The van der Waals surface area contributed by atoms with E-state index in [0.717, 1.165) is 24.9 Å². The van der Waals surface area contributed by atoms with Crippen molar-refractivity contribution in [1.82, 2.24) is 0 Å². The molecule has 0 aliphatic rings. The summed E-state index contributed by atoms with van der Waals surface area (Å²) in [6.07, 6.45) is 2.53. The van der Waals surface area contributed by atoms with Crippen LogP contribution in [0.15, 0.2) is 24.3 Å². The zero-order chi connectivity index (χ0) is 12.7. The summed E-state index contributed by atoms with van der Waals surface area (Å²) in [5.74, 6) is 0.0701. The van der Waals surface area contributed by atoms with Crippen LogP contribution in [-0.4, -0.2) is 12.5 Å². The Morgan fingerprint density at radius 2 is 2.29 bits per heavy atom. The molecule has 0 aliphatic heterocycles. The Balaban J connectivity index is 2.57. The van der Waals surface area contributed by atoms with E-state index >= 15 is 0 Å². The van der Waals surface area contributed by atoms with E-state index in [9.17, 15) is 4.79 Å². The van der Waals surface area contributed by atoms with Crippen molar-refractivity contribution in [2.75, 3.05) is 11.9 Å². The van der Waals surface area contributed by atoms with Gasteiger partial charge in [-0.2, -0.15) is 0 Å². The lowest BCUT2D eigenvalue weighted by molar-refractivity contribution is -0.120. The molecule has 0 fully saturated rings. The van der Waals surface area contributed by atoms with Crippen LogP contribution < -0.4 is 11.1 Å². The number of hydrogen-bond acceptors (Lipinski definition) is 2. The van der Waals surface area contributed by atoms with E-state index in [2.05, 4.69) is 5.32 Å². The first kappa shape index (κ1) is 14.0. The smallest absolute Gasteiger partial charge is 0.227 e. The predicted molar refractivity (Wildman–Crippen MR) is 72.2 cm³/mol. The molecule has 0 saturated heterocycles. The van der Waals surface area contributed by atoms with Crippen molar-refractivity contribution in [3.8, 4) is 0 Å². The number of rotatable bonds is 6. The fourth-order valence-corrected chi connectivity index (χ4v) is 1.89. The number of carbonyl (C=O) groups excluding carboxylic acids is 1. The minimum Gasteiger partial charge on any atom is -0.330 e. The van der Waals surface area contributed by atoms with Gasteiger partial charge in [-0.3, -0.25) is 4.79 Å². The number of nitrogens with two attached hydrogens (primary N) is 1. The minimum atomic E-state index is 0.0255. The van der Waals surface area contributed by atoms with Gasteiger partial charge < -0.3 is 11.1 Å². The van der Waals surface area contributed by atoms with Crippen molar-refractivity contribution in [2.45, 2.75) is 26.2 Å². The Labute approximate surface area is 107 Å². The quantitative estimate of drug-likeness (QED) is 0.820. The first-order valence-corrected chi connectivity index (χ1v) is 6.31. The molecule has 0 aliphatic carbocycles. The van der Waals surface area contributed by atoms with Gasteiger partial charge in [-0.15, -0.1) is 0 Å². The highest BCUT2D eigenvalue weighted by atomic mass is 35.5. The van der Waals surface area contributed by atoms with Gasteiger partial charge in [0, 0.05) is 16.6 Å².